The summed E-state index contributed by atoms with van der Waals surface area (Å²) in [5, 5.41) is 0. The molecule has 0 bridgehead atoms. The molecule has 6 nitrogen and oxygen atoms in total. The van der Waals surface area contributed by atoms with Gasteiger partial charge in [-0.1, -0.05) is 30.3 Å². The van der Waals surface area contributed by atoms with Crippen LogP contribution in [0.3, 0.4) is 0 Å². The van der Waals surface area contributed by atoms with Gasteiger partial charge in [0.1, 0.15) is 0 Å². The third-order valence-corrected chi connectivity index (χ3v) is 5.68. The molecular weight excluding hydrogens is 330 g/mol. The van der Waals surface area contributed by atoms with Crippen molar-refractivity contribution in [3.05, 3.63) is 35.9 Å². The van der Waals surface area contributed by atoms with E-state index in [1.165, 1.54) is 5.56 Å². The first-order chi connectivity index (χ1) is 12.7. The van der Waals surface area contributed by atoms with Crippen LogP contribution in [0.1, 0.15) is 12.0 Å². The van der Waals surface area contributed by atoms with Crippen LogP contribution in [0.25, 0.3) is 0 Å². The molecule has 0 N–H and O–H groups in total. The van der Waals surface area contributed by atoms with Crippen LogP contribution in [0, 0.1) is 11.8 Å². The van der Waals surface area contributed by atoms with Gasteiger partial charge in [0.2, 0.25) is 11.8 Å². The van der Waals surface area contributed by atoms with Crippen molar-refractivity contribution >= 4 is 11.8 Å². The van der Waals surface area contributed by atoms with E-state index in [0.717, 1.165) is 39.1 Å². The average molecular weight is 357 g/mol. The van der Waals surface area contributed by atoms with Crippen molar-refractivity contribution in [2.24, 2.45) is 11.8 Å². The Morgan fingerprint density at radius 2 is 1.42 bits per heavy atom. The van der Waals surface area contributed by atoms with E-state index < -0.39 is 0 Å². The summed E-state index contributed by atoms with van der Waals surface area (Å²) in [6.45, 7) is 6.81. The highest BCUT2D eigenvalue weighted by molar-refractivity contribution is 5.92. The summed E-state index contributed by atoms with van der Waals surface area (Å²) in [6, 6.07) is 10.4. The van der Waals surface area contributed by atoms with Gasteiger partial charge in [-0.25, -0.2) is 0 Å². The largest absolute Gasteiger partial charge is 0.378 e. The predicted octanol–water partition coefficient (Wildman–Crippen LogP) is 0.826. The second-order valence-electron chi connectivity index (χ2n) is 7.47. The van der Waals surface area contributed by atoms with Gasteiger partial charge in [0.15, 0.2) is 0 Å². The Bertz CT molecular complexity index is 637. The maximum Gasteiger partial charge on any atom is 0.226 e. The summed E-state index contributed by atoms with van der Waals surface area (Å²) in [7, 11) is 0. The smallest absolute Gasteiger partial charge is 0.226 e. The van der Waals surface area contributed by atoms with Crippen molar-refractivity contribution in [3.63, 3.8) is 0 Å². The van der Waals surface area contributed by atoms with Gasteiger partial charge >= 0.3 is 0 Å². The lowest BCUT2D eigenvalue weighted by molar-refractivity contribution is -0.141. The molecule has 140 valence electrons. The number of carbonyl (C=O) groups is 2. The van der Waals surface area contributed by atoms with Crippen LogP contribution < -0.4 is 0 Å². The molecule has 4 rings (SSSR count). The first kappa shape index (κ1) is 17.5. The molecule has 2 atom stereocenters. The zero-order chi connectivity index (χ0) is 17.9. The Morgan fingerprint density at radius 1 is 0.846 bits per heavy atom. The zero-order valence-corrected chi connectivity index (χ0v) is 15.2. The standard InChI is InChI=1S/C20H27N3O3/c24-19(17-14-18(17)20(25)23-10-12-26-13-11-23)22-8-6-21(7-9-22)15-16-4-2-1-3-5-16/h1-5,17-18H,6-15H2. The molecule has 0 radical (unpaired) electrons. The van der Waals surface area contributed by atoms with Crippen LogP contribution in [0.4, 0.5) is 0 Å². The maximum atomic E-state index is 12.7. The molecule has 1 aromatic carbocycles. The minimum atomic E-state index is -0.0945. The molecule has 2 unspecified atom stereocenters. The van der Waals surface area contributed by atoms with Gasteiger partial charge in [0.25, 0.3) is 0 Å². The quantitative estimate of drug-likeness (QED) is 0.801. The number of morpholine rings is 1. The van der Waals surface area contributed by atoms with Crippen LogP contribution in [-0.4, -0.2) is 79.0 Å². The molecule has 1 saturated carbocycles. The highest BCUT2D eigenvalue weighted by Crippen LogP contribution is 2.41. The van der Waals surface area contributed by atoms with Crippen LogP contribution >= 0.6 is 0 Å². The summed E-state index contributed by atoms with van der Waals surface area (Å²) in [4.78, 5) is 31.4. The van der Waals surface area contributed by atoms with Crippen molar-refractivity contribution in [2.75, 3.05) is 52.5 Å². The Labute approximate surface area is 154 Å². The molecule has 1 aromatic rings. The number of amides is 2. The van der Waals surface area contributed by atoms with Gasteiger partial charge < -0.3 is 14.5 Å². The predicted molar refractivity (Wildman–Crippen MR) is 97.3 cm³/mol. The Balaban J connectivity index is 1.23. The third-order valence-electron chi connectivity index (χ3n) is 5.68. The molecule has 1 aliphatic carbocycles. The normalized spacial score (nSPS) is 26.6. The van der Waals surface area contributed by atoms with Gasteiger partial charge in [-0.15, -0.1) is 0 Å². The van der Waals surface area contributed by atoms with E-state index in [2.05, 4.69) is 29.2 Å². The van der Waals surface area contributed by atoms with Gasteiger partial charge in [-0.05, 0) is 12.0 Å². The lowest BCUT2D eigenvalue weighted by Crippen LogP contribution is -2.49. The van der Waals surface area contributed by atoms with Crippen LogP contribution in [0.15, 0.2) is 30.3 Å². The van der Waals surface area contributed by atoms with Gasteiger partial charge in [-0.2, -0.15) is 0 Å². The van der Waals surface area contributed by atoms with Crippen molar-refractivity contribution in [1.82, 2.24) is 14.7 Å². The van der Waals surface area contributed by atoms with Crippen molar-refractivity contribution in [3.8, 4) is 0 Å². The number of nitrogens with zero attached hydrogens (tertiary/aromatic N) is 3. The molecule has 6 heteroatoms. The molecule has 2 saturated heterocycles. The minimum Gasteiger partial charge on any atom is -0.378 e. The maximum absolute atomic E-state index is 12.7. The van der Waals surface area contributed by atoms with Crippen LogP contribution in [-0.2, 0) is 20.9 Å². The number of rotatable bonds is 4. The molecule has 2 aliphatic heterocycles. The molecular formula is C20H27N3O3. The Kier molecular flexibility index (Phi) is 5.22. The van der Waals surface area contributed by atoms with Gasteiger partial charge in [0.05, 0.1) is 25.0 Å². The molecule has 3 aliphatic rings. The minimum absolute atomic E-state index is 0.0916. The number of piperazine rings is 1. The van der Waals surface area contributed by atoms with E-state index in [9.17, 15) is 9.59 Å². The van der Waals surface area contributed by atoms with E-state index in [1.807, 2.05) is 15.9 Å². The molecule has 2 heterocycles. The highest BCUT2D eigenvalue weighted by Gasteiger charge is 2.51. The van der Waals surface area contributed by atoms with Crippen molar-refractivity contribution in [2.45, 2.75) is 13.0 Å². The van der Waals surface area contributed by atoms with Crippen LogP contribution in [0.5, 0.6) is 0 Å². The van der Waals surface area contributed by atoms with Crippen molar-refractivity contribution < 1.29 is 14.3 Å². The van der Waals surface area contributed by atoms with Crippen LogP contribution in [0.2, 0.25) is 0 Å². The third kappa shape index (κ3) is 3.91. The van der Waals surface area contributed by atoms with E-state index in [-0.39, 0.29) is 23.7 Å². The summed E-state index contributed by atoms with van der Waals surface area (Å²) in [5.74, 6) is 0.138. The van der Waals surface area contributed by atoms with E-state index in [0.29, 0.717) is 26.3 Å². The van der Waals surface area contributed by atoms with E-state index in [4.69, 9.17) is 4.74 Å². The molecule has 2 amide bonds. The monoisotopic (exact) mass is 357 g/mol. The number of ether oxygens (including phenoxy) is 1. The van der Waals surface area contributed by atoms with Gasteiger partial charge in [0, 0.05) is 45.8 Å². The SMILES string of the molecule is O=C(C1CC1C(=O)N1CCN(Cc2ccccc2)CC1)N1CCOCC1. The molecule has 26 heavy (non-hydrogen) atoms. The van der Waals surface area contributed by atoms with E-state index >= 15 is 0 Å². The highest BCUT2D eigenvalue weighted by atomic mass is 16.5. The molecule has 0 aromatic heterocycles. The number of hydrogen-bond donors (Lipinski definition) is 0. The Morgan fingerprint density at radius 3 is 2.04 bits per heavy atom. The number of hydrogen-bond acceptors (Lipinski definition) is 4. The fraction of sp³-hybridized carbons (Fsp3) is 0.600. The topological polar surface area (TPSA) is 53.1 Å². The Hall–Kier alpha value is -1.92. The number of benzene rings is 1. The first-order valence-electron chi connectivity index (χ1n) is 9.64. The fourth-order valence-electron chi connectivity index (χ4n) is 3.96. The summed E-state index contributed by atoms with van der Waals surface area (Å²) >= 11 is 0. The summed E-state index contributed by atoms with van der Waals surface area (Å²) < 4.78 is 5.30. The summed E-state index contributed by atoms with van der Waals surface area (Å²) in [5.41, 5.74) is 1.31. The van der Waals surface area contributed by atoms with Gasteiger partial charge in [-0.3, -0.25) is 14.5 Å². The average Bonchev–Trinajstić information content (AvgIpc) is 3.50. The van der Waals surface area contributed by atoms with E-state index in [1.54, 1.807) is 0 Å². The molecule has 3 fully saturated rings. The first-order valence-corrected chi connectivity index (χ1v) is 9.64. The fourth-order valence-corrected chi connectivity index (χ4v) is 3.96. The molecule has 0 spiro atoms. The lowest BCUT2D eigenvalue weighted by atomic mass is 10.2. The zero-order valence-electron chi connectivity index (χ0n) is 15.2. The van der Waals surface area contributed by atoms with Crippen molar-refractivity contribution in [1.29, 1.82) is 0 Å². The lowest BCUT2D eigenvalue weighted by Gasteiger charge is -2.35. The second kappa shape index (κ2) is 7.76. The second-order valence-corrected chi connectivity index (χ2v) is 7.47. The summed E-state index contributed by atoms with van der Waals surface area (Å²) in [6.07, 6.45) is 0.721. The number of carbonyl (C=O) groups excluding carboxylic acids is 2.